The molecule has 2 aromatic rings. The highest BCUT2D eigenvalue weighted by molar-refractivity contribution is 14.1. The van der Waals surface area contributed by atoms with Gasteiger partial charge in [-0.3, -0.25) is 5.32 Å². The fourth-order valence-corrected chi connectivity index (χ4v) is 2.07. The Morgan fingerprint density at radius 3 is 2.61 bits per heavy atom. The van der Waals surface area contributed by atoms with E-state index >= 15 is 0 Å². The van der Waals surface area contributed by atoms with Gasteiger partial charge in [-0.1, -0.05) is 18.2 Å². The second-order valence-corrected chi connectivity index (χ2v) is 5.01. The number of halogens is 1. The van der Waals surface area contributed by atoms with E-state index in [9.17, 15) is 4.79 Å². The topological polar surface area (TPSA) is 54.0 Å². The average molecular weight is 353 g/mol. The van der Waals surface area contributed by atoms with Crippen molar-refractivity contribution in [1.29, 1.82) is 0 Å². The van der Waals surface area contributed by atoms with Gasteiger partial charge in [0.25, 0.3) is 0 Å². The summed E-state index contributed by atoms with van der Waals surface area (Å²) in [7, 11) is 0. The summed E-state index contributed by atoms with van der Waals surface area (Å²) < 4.78 is 1.04. The molecule has 4 nitrogen and oxygen atoms in total. The fraction of sp³-hybridized carbons (Fsp3) is 0.0769. The van der Waals surface area contributed by atoms with Crippen molar-refractivity contribution in [3.63, 3.8) is 0 Å². The van der Waals surface area contributed by atoms with E-state index in [1.54, 1.807) is 6.20 Å². The van der Waals surface area contributed by atoms with Gasteiger partial charge in [0.2, 0.25) is 0 Å². The zero-order chi connectivity index (χ0) is 13.0. The number of urea groups is 1. The van der Waals surface area contributed by atoms with Crippen LogP contribution in [0.4, 0.5) is 16.3 Å². The maximum Gasteiger partial charge on any atom is 0.324 e. The number of aromatic nitrogens is 1. The lowest BCUT2D eigenvalue weighted by Crippen LogP contribution is -2.20. The van der Waals surface area contributed by atoms with Gasteiger partial charge in [0.15, 0.2) is 0 Å². The average Bonchev–Trinajstić information content (AvgIpc) is 2.34. The van der Waals surface area contributed by atoms with E-state index in [2.05, 4.69) is 38.2 Å². The van der Waals surface area contributed by atoms with E-state index in [4.69, 9.17) is 0 Å². The van der Waals surface area contributed by atoms with Crippen LogP contribution in [0.1, 0.15) is 5.56 Å². The molecule has 0 unspecified atom stereocenters. The molecule has 0 bridgehead atoms. The van der Waals surface area contributed by atoms with Gasteiger partial charge in [-0.15, -0.1) is 0 Å². The zero-order valence-electron chi connectivity index (χ0n) is 9.77. The van der Waals surface area contributed by atoms with E-state index in [1.165, 1.54) is 0 Å². The van der Waals surface area contributed by atoms with Gasteiger partial charge in [0.05, 0.1) is 0 Å². The predicted octanol–water partition coefficient (Wildman–Crippen LogP) is 3.64. The summed E-state index contributed by atoms with van der Waals surface area (Å²) in [6.07, 6.45) is 1.71. The minimum atomic E-state index is -0.294. The maximum atomic E-state index is 11.8. The molecular weight excluding hydrogens is 341 g/mol. The molecule has 0 aliphatic carbocycles. The molecule has 0 fully saturated rings. The van der Waals surface area contributed by atoms with Crippen LogP contribution in [0.3, 0.4) is 0 Å². The summed E-state index contributed by atoms with van der Waals surface area (Å²) in [5, 5.41) is 5.46. The first kappa shape index (κ1) is 12.8. The molecule has 0 saturated heterocycles. The van der Waals surface area contributed by atoms with E-state index in [0.717, 1.165) is 14.8 Å². The van der Waals surface area contributed by atoms with Crippen molar-refractivity contribution in [3.05, 3.63) is 51.7 Å². The number of benzene rings is 1. The van der Waals surface area contributed by atoms with Crippen molar-refractivity contribution >= 4 is 40.1 Å². The normalized spacial score (nSPS) is 9.89. The Morgan fingerprint density at radius 1 is 1.22 bits per heavy atom. The lowest BCUT2D eigenvalue weighted by Gasteiger charge is -2.09. The summed E-state index contributed by atoms with van der Waals surface area (Å²) in [4.78, 5) is 15.9. The molecule has 1 aromatic heterocycles. The first-order chi connectivity index (χ1) is 8.65. The molecule has 92 valence electrons. The molecule has 1 heterocycles. The Bertz CT molecular complexity index is 557. The number of nitrogens with zero attached hydrogens (tertiary/aromatic N) is 1. The van der Waals surface area contributed by atoms with Gasteiger partial charge >= 0.3 is 6.03 Å². The van der Waals surface area contributed by atoms with Crippen molar-refractivity contribution in [2.45, 2.75) is 6.92 Å². The van der Waals surface area contributed by atoms with Crippen LogP contribution in [0, 0.1) is 10.5 Å². The molecule has 0 aliphatic heterocycles. The van der Waals surface area contributed by atoms with E-state index < -0.39 is 0 Å². The number of nitrogens with one attached hydrogen (secondary N) is 2. The number of pyridine rings is 1. The van der Waals surface area contributed by atoms with Crippen LogP contribution >= 0.6 is 22.6 Å². The number of amides is 2. The lowest BCUT2D eigenvalue weighted by molar-refractivity contribution is 0.262. The van der Waals surface area contributed by atoms with Gasteiger partial charge in [-0.2, -0.15) is 0 Å². The number of carbonyl (C=O) groups excluding carboxylic acids is 1. The number of para-hydroxylation sites is 1. The van der Waals surface area contributed by atoms with Crippen LogP contribution < -0.4 is 10.6 Å². The van der Waals surface area contributed by atoms with Gasteiger partial charge in [-0.25, -0.2) is 9.78 Å². The molecular formula is C13H12IN3O. The molecule has 1 aromatic carbocycles. The largest absolute Gasteiger partial charge is 0.324 e. The Balaban J connectivity index is 2.03. The molecule has 5 heteroatoms. The minimum absolute atomic E-state index is 0.294. The molecule has 2 rings (SSSR count). The van der Waals surface area contributed by atoms with Gasteiger partial charge < -0.3 is 5.32 Å². The monoisotopic (exact) mass is 353 g/mol. The van der Waals surface area contributed by atoms with Crippen LogP contribution in [-0.4, -0.2) is 11.0 Å². The van der Waals surface area contributed by atoms with Crippen molar-refractivity contribution < 1.29 is 4.79 Å². The Kier molecular flexibility index (Phi) is 4.14. The van der Waals surface area contributed by atoms with Crippen molar-refractivity contribution in [2.24, 2.45) is 0 Å². The van der Waals surface area contributed by atoms with Gasteiger partial charge in [0, 0.05) is 15.5 Å². The second-order valence-electron chi connectivity index (χ2n) is 3.76. The Labute approximate surface area is 119 Å². The maximum absolute atomic E-state index is 11.8. The standard InChI is InChI=1S/C13H12IN3O/c1-9-7-10(14)8-15-12(9)17-13(18)16-11-5-3-2-4-6-11/h2-8H,1H3,(H2,15,16,17,18). The third-order valence-electron chi connectivity index (χ3n) is 2.31. The highest BCUT2D eigenvalue weighted by Gasteiger charge is 2.06. The summed E-state index contributed by atoms with van der Waals surface area (Å²) >= 11 is 2.18. The number of aryl methyl sites for hydroxylation is 1. The van der Waals surface area contributed by atoms with Crippen LogP contribution in [0.15, 0.2) is 42.6 Å². The molecule has 0 atom stereocenters. The molecule has 0 saturated carbocycles. The zero-order valence-corrected chi connectivity index (χ0v) is 11.9. The summed E-state index contributed by atoms with van der Waals surface area (Å²) in [5.74, 6) is 0.573. The molecule has 2 N–H and O–H groups in total. The fourth-order valence-electron chi connectivity index (χ4n) is 1.46. The number of rotatable bonds is 2. The second kappa shape index (κ2) is 5.81. The highest BCUT2D eigenvalue weighted by atomic mass is 127. The molecule has 2 amide bonds. The Morgan fingerprint density at radius 2 is 1.94 bits per heavy atom. The predicted molar refractivity (Wildman–Crippen MR) is 80.8 cm³/mol. The highest BCUT2D eigenvalue weighted by Crippen LogP contribution is 2.14. The van der Waals surface area contributed by atoms with Crippen LogP contribution in [0.5, 0.6) is 0 Å². The van der Waals surface area contributed by atoms with E-state index in [1.807, 2.05) is 43.3 Å². The summed E-state index contributed by atoms with van der Waals surface area (Å²) in [6, 6.07) is 11.0. The first-order valence-corrected chi connectivity index (χ1v) is 6.48. The van der Waals surface area contributed by atoms with Crippen LogP contribution in [0.25, 0.3) is 0 Å². The van der Waals surface area contributed by atoms with Crippen molar-refractivity contribution in [2.75, 3.05) is 10.6 Å². The van der Waals surface area contributed by atoms with Gasteiger partial charge in [0.1, 0.15) is 5.82 Å². The molecule has 18 heavy (non-hydrogen) atoms. The van der Waals surface area contributed by atoms with E-state index in [-0.39, 0.29) is 6.03 Å². The van der Waals surface area contributed by atoms with Crippen molar-refractivity contribution in [3.8, 4) is 0 Å². The Hall–Kier alpha value is -1.63. The molecule has 0 radical (unpaired) electrons. The van der Waals surface area contributed by atoms with Gasteiger partial charge in [-0.05, 0) is 53.3 Å². The van der Waals surface area contributed by atoms with Crippen LogP contribution in [-0.2, 0) is 0 Å². The summed E-state index contributed by atoms with van der Waals surface area (Å²) in [6.45, 7) is 1.91. The van der Waals surface area contributed by atoms with Crippen LogP contribution in [0.2, 0.25) is 0 Å². The number of carbonyl (C=O) groups is 1. The SMILES string of the molecule is Cc1cc(I)cnc1NC(=O)Nc1ccccc1. The third kappa shape index (κ3) is 3.43. The minimum Gasteiger partial charge on any atom is -0.308 e. The lowest BCUT2D eigenvalue weighted by atomic mass is 10.3. The summed E-state index contributed by atoms with van der Waals surface area (Å²) in [5.41, 5.74) is 1.68. The van der Waals surface area contributed by atoms with E-state index in [0.29, 0.717) is 5.82 Å². The quantitative estimate of drug-likeness (QED) is 0.810. The molecule has 0 aliphatic rings. The number of hydrogen-bond acceptors (Lipinski definition) is 2. The molecule has 0 spiro atoms. The third-order valence-corrected chi connectivity index (χ3v) is 2.90. The number of hydrogen-bond donors (Lipinski definition) is 2. The number of anilines is 2. The van der Waals surface area contributed by atoms with Crippen molar-refractivity contribution in [1.82, 2.24) is 4.98 Å². The first-order valence-electron chi connectivity index (χ1n) is 5.40. The smallest absolute Gasteiger partial charge is 0.308 e.